The van der Waals surface area contributed by atoms with Gasteiger partial charge in [0.15, 0.2) is 11.5 Å². The quantitative estimate of drug-likeness (QED) is 0.578. The summed E-state index contributed by atoms with van der Waals surface area (Å²) in [5, 5.41) is 0.273. The molecule has 1 rings (SSSR count). The Morgan fingerprint density at radius 1 is 1.14 bits per heavy atom. The zero-order valence-electron chi connectivity index (χ0n) is 17.8. The molecule has 0 spiro atoms. The maximum absolute atomic E-state index is 13.1. The average Bonchev–Trinajstić information content (AvgIpc) is 2.57. The number of amides is 1. The van der Waals surface area contributed by atoms with E-state index >= 15 is 0 Å². The van der Waals surface area contributed by atoms with E-state index < -0.39 is 11.6 Å². The van der Waals surface area contributed by atoms with E-state index in [1.54, 1.807) is 26.8 Å². The molecule has 7 nitrogen and oxygen atoms in total. The Bertz CT molecular complexity index is 686. The second-order valence-electron chi connectivity index (χ2n) is 7.54. The summed E-state index contributed by atoms with van der Waals surface area (Å²) >= 11 is 6.29. The normalized spacial score (nSPS) is 11.3. The molecule has 0 unspecified atom stereocenters. The highest BCUT2D eigenvalue weighted by atomic mass is 35.5. The van der Waals surface area contributed by atoms with Crippen molar-refractivity contribution in [1.82, 2.24) is 9.80 Å². The third kappa shape index (κ3) is 7.56. The summed E-state index contributed by atoms with van der Waals surface area (Å²) < 4.78 is 16.2. The summed E-state index contributed by atoms with van der Waals surface area (Å²) in [7, 11) is 5.27. The van der Waals surface area contributed by atoms with Crippen molar-refractivity contribution in [3.05, 3.63) is 22.7 Å². The number of ether oxygens (including phenoxy) is 3. The van der Waals surface area contributed by atoms with Gasteiger partial charge in [-0.1, -0.05) is 11.6 Å². The molecule has 0 saturated carbocycles. The van der Waals surface area contributed by atoms with E-state index in [0.717, 1.165) is 0 Å². The van der Waals surface area contributed by atoms with Gasteiger partial charge in [0.05, 0.1) is 18.7 Å². The van der Waals surface area contributed by atoms with Crippen LogP contribution in [0.25, 0.3) is 0 Å². The number of likely N-dealkylation sites (N-methyl/N-ethyl adjacent to an activating group) is 1. The number of benzene rings is 1. The van der Waals surface area contributed by atoms with Crippen molar-refractivity contribution in [1.29, 1.82) is 0 Å². The van der Waals surface area contributed by atoms with Crippen LogP contribution in [0.2, 0.25) is 5.02 Å². The Kier molecular flexibility index (Phi) is 9.04. The van der Waals surface area contributed by atoms with Crippen LogP contribution in [0.15, 0.2) is 12.1 Å². The van der Waals surface area contributed by atoms with Crippen LogP contribution in [0.3, 0.4) is 0 Å². The molecule has 0 N–H and O–H groups in total. The van der Waals surface area contributed by atoms with Crippen LogP contribution < -0.4 is 9.47 Å². The van der Waals surface area contributed by atoms with Crippen LogP contribution >= 0.6 is 11.6 Å². The van der Waals surface area contributed by atoms with Gasteiger partial charge >= 0.3 is 5.97 Å². The van der Waals surface area contributed by atoms with Gasteiger partial charge in [0, 0.05) is 18.7 Å². The van der Waals surface area contributed by atoms with Crippen molar-refractivity contribution in [2.24, 2.45) is 0 Å². The number of carbonyl (C=O) groups excluding carboxylic acids is 2. The van der Waals surface area contributed by atoms with Gasteiger partial charge in [0.2, 0.25) is 0 Å². The lowest BCUT2D eigenvalue weighted by molar-refractivity contribution is -0.155. The van der Waals surface area contributed by atoms with E-state index in [2.05, 4.69) is 0 Å². The minimum Gasteiger partial charge on any atom is -0.493 e. The van der Waals surface area contributed by atoms with Crippen LogP contribution in [0, 0.1) is 0 Å². The van der Waals surface area contributed by atoms with Crippen molar-refractivity contribution < 1.29 is 23.8 Å². The topological polar surface area (TPSA) is 68.3 Å². The predicted molar refractivity (Wildman–Crippen MR) is 109 cm³/mol. The summed E-state index contributed by atoms with van der Waals surface area (Å²) in [4.78, 5) is 28.7. The predicted octanol–water partition coefficient (Wildman–Crippen LogP) is 3.09. The minimum absolute atomic E-state index is 0.156. The molecule has 0 fully saturated rings. The minimum atomic E-state index is -0.626. The Hall–Kier alpha value is -1.99. The Morgan fingerprint density at radius 2 is 1.79 bits per heavy atom. The van der Waals surface area contributed by atoms with Crippen LogP contribution in [0.5, 0.6) is 11.5 Å². The molecule has 0 aromatic heterocycles. The van der Waals surface area contributed by atoms with Gasteiger partial charge in [-0.2, -0.15) is 0 Å². The van der Waals surface area contributed by atoms with Gasteiger partial charge in [-0.3, -0.25) is 9.59 Å². The molecule has 0 aliphatic carbocycles. The number of rotatable bonds is 9. The second-order valence-corrected chi connectivity index (χ2v) is 7.95. The molecule has 0 heterocycles. The first-order valence-corrected chi connectivity index (χ1v) is 9.52. The van der Waals surface area contributed by atoms with Crippen LogP contribution in [-0.2, 0) is 9.53 Å². The van der Waals surface area contributed by atoms with E-state index in [4.69, 9.17) is 25.8 Å². The van der Waals surface area contributed by atoms with Gasteiger partial charge in [-0.15, -0.1) is 0 Å². The molecule has 158 valence electrons. The molecular formula is C20H31ClN2O5. The second kappa shape index (κ2) is 10.5. The number of hydrogen-bond acceptors (Lipinski definition) is 6. The molecule has 1 aromatic carbocycles. The summed E-state index contributed by atoms with van der Waals surface area (Å²) in [5.41, 5.74) is -0.313. The highest BCUT2D eigenvalue weighted by Gasteiger charge is 2.25. The third-order valence-electron chi connectivity index (χ3n) is 3.61. The maximum atomic E-state index is 13.1. The molecule has 0 radical (unpaired) electrons. The molecular weight excluding hydrogens is 384 g/mol. The fraction of sp³-hybridized carbons (Fsp3) is 0.600. The summed E-state index contributed by atoms with van der Waals surface area (Å²) in [6.45, 7) is 8.40. The summed E-state index contributed by atoms with van der Waals surface area (Å²) in [6.07, 6.45) is 0. The molecule has 0 atom stereocenters. The number of halogens is 1. The zero-order valence-corrected chi connectivity index (χ0v) is 18.6. The lowest BCUT2D eigenvalue weighted by Gasteiger charge is -2.26. The first-order valence-electron chi connectivity index (χ1n) is 9.14. The summed E-state index contributed by atoms with van der Waals surface area (Å²) in [5.74, 6) is -0.0581. The van der Waals surface area contributed by atoms with Gasteiger partial charge in [-0.25, -0.2) is 0 Å². The fourth-order valence-electron chi connectivity index (χ4n) is 2.41. The van der Waals surface area contributed by atoms with Crippen LogP contribution in [0.1, 0.15) is 38.1 Å². The fourth-order valence-corrected chi connectivity index (χ4v) is 2.68. The Balaban J connectivity index is 3.13. The lowest BCUT2D eigenvalue weighted by Crippen LogP contribution is -2.42. The third-order valence-corrected chi connectivity index (χ3v) is 3.89. The number of hydrogen-bond donors (Lipinski definition) is 0. The van der Waals surface area contributed by atoms with Crippen molar-refractivity contribution in [3.8, 4) is 11.5 Å². The molecule has 8 heteroatoms. The number of carbonyl (C=O) groups is 2. The van der Waals surface area contributed by atoms with E-state index in [1.165, 1.54) is 18.1 Å². The smallest absolute Gasteiger partial charge is 0.326 e. The van der Waals surface area contributed by atoms with Gasteiger partial charge in [-0.05, 0) is 53.9 Å². The molecule has 0 aliphatic rings. The van der Waals surface area contributed by atoms with Gasteiger partial charge in [0.25, 0.3) is 5.91 Å². The standard InChI is InChI=1S/C20H31ClN2O5/c1-8-27-18-15(21)11-14(12-16(18)26-7)19(25)23(10-9-22(5)6)13-17(24)28-20(2,3)4/h11-12H,8-10,13H2,1-7H3. The number of nitrogens with zero attached hydrogens (tertiary/aromatic N) is 2. The largest absolute Gasteiger partial charge is 0.493 e. The monoisotopic (exact) mass is 414 g/mol. The first-order chi connectivity index (χ1) is 13.0. The Labute approximate surface area is 172 Å². The SMILES string of the molecule is CCOc1c(Cl)cc(C(=O)N(CCN(C)C)CC(=O)OC(C)(C)C)cc1OC. The highest BCUT2D eigenvalue weighted by molar-refractivity contribution is 6.32. The van der Waals surface area contributed by atoms with Crippen LogP contribution in [0.4, 0.5) is 0 Å². The summed E-state index contributed by atoms with van der Waals surface area (Å²) in [6, 6.07) is 3.09. The van der Waals surface area contributed by atoms with Crippen molar-refractivity contribution >= 4 is 23.5 Å². The highest BCUT2D eigenvalue weighted by Crippen LogP contribution is 2.36. The number of esters is 1. The maximum Gasteiger partial charge on any atom is 0.326 e. The first kappa shape index (κ1) is 24.0. The average molecular weight is 415 g/mol. The van der Waals surface area contributed by atoms with E-state index in [1.807, 2.05) is 25.9 Å². The molecule has 1 aromatic rings. The molecule has 1 amide bonds. The van der Waals surface area contributed by atoms with E-state index in [9.17, 15) is 9.59 Å². The molecule has 0 saturated heterocycles. The lowest BCUT2D eigenvalue weighted by atomic mass is 10.1. The van der Waals surface area contributed by atoms with E-state index in [0.29, 0.717) is 36.8 Å². The van der Waals surface area contributed by atoms with E-state index in [-0.39, 0.29) is 17.5 Å². The van der Waals surface area contributed by atoms with Crippen molar-refractivity contribution in [2.45, 2.75) is 33.3 Å². The zero-order chi connectivity index (χ0) is 21.5. The van der Waals surface area contributed by atoms with Gasteiger partial charge in [0.1, 0.15) is 12.1 Å². The van der Waals surface area contributed by atoms with Crippen molar-refractivity contribution in [3.63, 3.8) is 0 Å². The van der Waals surface area contributed by atoms with Crippen LogP contribution in [-0.4, -0.2) is 74.7 Å². The molecule has 0 aliphatic heterocycles. The molecule has 28 heavy (non-hydrogen) atoms. The van der Waals surface area contributed by atoms with Gasteiger partial charge < -0.3 is 24.0 Å². The Morgan fingerprint density at radius 3 is 2.29 bits per heavy atom. The number of methoxy groups -OCH3 is 1. The molecule has 0 bridgehead atoms. The van der Waals surface area contributed by atoms with Crippen molar-refractivity contribution in [2.75, 3.05) is 47.4 Å².